The van der Waals surface area contributed by atoms with Gasteiger partial charge in [0.1, 0.15) is 6.61 Å². The summed E-state index contributed by atoms with van der Waals surface area (Å²) in [6, 6.07) is 0.464. The lowest BCUT2D eigenvalue weighted by Gasteiger charge is -2.02. The summed E-state index contributed by atoms with van der Waals surface area (Å²) in [5, 5.41) is 0. The largest absolute Gasteiger partial charge is 0.481 e. The van der Waals surface area contributed by atoms with Gasteiger partial charge in [0, 0.05) is 0 Å². The summed E-state index contributed by atoms with van der Waals surface area (Å²) < 4.78 is 5.00. The summed E-state index contributed by atoms with van der Waals surface area (Å²) in [5.74, 6) is 0. The fourth-order valence-corrected chi connectivity index (χ4v) is 1.11. The van der Waals surface area contributed by atoms with E-state index in [4.69, 9.17) is 4.74 Å². The third-order valence-electron chi connectivity index (χ3n) is 1.78. The minimum Gasteiger partial charge on any atom is -0.481 e. The van der Waals surface area contributed by atoms with E-state index in [2.05, 4.69) is 11.9 Å². The third-order valence-corrected chi connectivity index (χ3v) is 1.78. The van der Waals surface area contributed by atoms with E-state index < -0.39 is 0 Å². The van der Waals surface area contributed by atoms with Crippen molar-refractivity contribution in [2.45, 2.75) is 38.6 Å². The molecule has 10 heavy (non-hydrogen) atoms. The van der Waals surface area contributed by atoms with Crippen LogP contribution in [0, 0.1) is 0 Å². The normalized spacial score (nSPS) is 23.1. The second kappa shape index (κ2) is 4.31. The number of nitrogens with zero attached hydrogens (tertiary/aromatic N) is 1. The Balaban J connectivity index is 1.97. The molecule has 0 bridgehead atoms. The monoisotopic (exact) mass is 141 g/mol. The molecule has 0 aromatic heterocycles. The number of unbranched alkanes of at least 4 members (excludes halogenated alkanes) is 2. The first-order valence-electron chi connectivity index (χ1n) is 4.06. The van der Waals surface area contributed by atoms with Gasteiger partial charge in [-0.1, -0.05) is 26.2 Å². The summed E-state index contributed by atoms with van der Waals surface area (Å²) in [5.41, 5.74) is 0. The summed E-state index contributed by atoms with van der Waals surface area (Å²) in [6.45, 7) is 3.03. The summed E-state index contributed by atoms with van der Waals surface area (Å²) in [6.07, 6.45) is 6.69. The molecule has 0 fully saturated rings. The van der Waals surface area contributed by atoms with Gasteiger partial charge in [0.2, 0.25) is 0 Å². The van der Waals surface area contributed by atoms with Crippen molar-refractivity contribution in [3.63, 3.8) is 0 Å². The van der Waals surface area contributed by atoms with Crippen molar-refractivity contribution in [3.8, 4) is 0 Å². The van der Waals surface area contributed by atoms with E-state index in [0.717, 1.165) is 6.61 Å². The van der Waals surface area contributed by atoms with Crippen LogP contribution in [-0.4, -0.2) is 19.0 Å². The molecule has 0 saturated carbocycles. The minimum atomic E-state index is 0.464. The van der Waals surface area contributed by atoms with Gasteiger partial charge in [0.25, 0.3) is 0 Å². The highest BCUT2D eigenvalue weighted by Gasteiger charge is 2.09. The Labute approximate surface area is 62.3 Å². The molecule has 0 radical (unpaired) electrons. The molecule has 0 aromatic rings. The molecule has 0 saturated heterocycles. The van der Waals surface area contributed by atoms with Crippen LogP contribution in [0.1, 0.15) is 32.6 Å². The van der Waals surface area contributed by atoms with Crippen molar-refractivity contribution < 1.29 is 4.74 Å². The Morgan fingerprint density at radius 3 is 3.10 bits per heavy atom. The first-order valence-corrected chi connectivity index (χ1v) is 4.06. The Morgan fingerprint density at radius 2 is 2.50 bits per heavy atom. The zero-order valence-electron chi connectivity index (χ0n) is 6.55. The van der Waals surface area contributed by atoms with Gasteiger partial charge >= 0.3 is 0 Å². The lowest BCUT2D eigenvalue weighted by atomic mass is 10.1. The summed E-state index contributed by atoms with van der Waals surface area (Å²) in [4.78, 5) is 4.16. The van der Waals surface area contributed by atoms with Crippen molar-refractivity contribution in [2.24, 2.45) is 4.99 Å². The van der Waals surface area contributed by atoms with Gasteiger partial charge in [0.15, 0.2) is 6.40 Å². The average molecular weight is 141 g/mol. The van der Waals surface area contributed by atoms with Crippen LogP contribution in [0.4, 0.5) is 0 Å². The number of ether oxygens (including phenoxy) is 1. The molecular weight excluding hydrogens is 126 g/mol. The van der Waals surface area contributed by atoms with Crippen LogP contribution in [0.25, 0.3) is 0 Å². The Hall–Kier alpha value is -0.530. The Kier molecular flexibility index (Phi) is 3.27. The molecule has 1 rings (SSSR count). The van der Waals surface area contributed by atoms with Crippen molar-refractivity contribution >= 4 is 6.40 Å². The van der Waals surface area contributed by atoms with E-state index in [9.17, 15) is 0 Å². The lowest BCUT2D eigenvalue weighted by molar-refractivity contribution is 0.319. The van der Waals surface area contributed by atoms with Crippen LogP contribution >= 0.6 is 0 Å². The standard InChI is InChI=1S/C8H15NO/c1-2-3-4-5-8-6-10-7-9-8/h7-8H,2-6H2,1H3. The van der Waals surface area contributed by atoms with E-state index in [-0.39, 0.29) is 0 Å². The van der Waals surface area contributed by atoms with Crippen LogP contribution in [0.2, 0.25) is 0 Å². The van der Waals surface area contributed by atoms with Gasteiger partial charge in [-0.05, 0) is 6.42 Å². The third kappa shape index (κ3) is 2.38. The molecule has 1 aliphatic heterocycles. The SMILES string of the molecule is CCCCCC1COC=N1. The molecule has 58 valence electrons. The molecule has 1 unspecified atom stereocenters. The fraction of sp³-hybridized carbons (Fsp3) is 0.875. The molecule has 0 aromatic carbocycles. The predicted molar refractivity (Wildman–Crippen MR) is 42.4 cm³/mol. The second-order valence-electron chi connectivity index (χ2n) is 2.74. The second-order valence-corrected chi connectivity index (χ2v) is 2.74. The fourth-order valence-electron chi connectivity index (χ4n) is 1.11. The van der Waals surface area contributed by atoms with Crippen LogP contribution in [-0.2, 0) is 4.74 Å². The van der Waals surface area contributed by atoms with Crippen LogP contribution in [0.15, 0.2) is 4.99 Å². The number of rotatable bonds is 4. The minimum absolute atomic E-state index is 0.464. The van der Waals surface area contributed by atoms with Gasteiger partial charge in [-0.25, -0.2) is 0 Å². The van der Waals surface area contributed by atoms with Gasteiger partial charge < -0.3 is 4.74 Å². The topological polar surface area (TPSA) is 21.6 Å². The summed E-state index contributed by atoms with van der Waals surface area (Å²) in [7, 11) is 0. The van der Waals surface area contributed by atoms with Crippen molar-refractivity contribution in [3.05, 3.63) is 0 Å². The molecular formula is C8H15NO. The van der Waals surface area contributed by atoms with E-state index in [1.807, 2.05) is 0 Å². The van der Waals surface area contributed by atoms with Crippen molar-refractivity contribution in [1.82, 2.24) is 0 Å². The maximum Gasteiger partial charge on any atom is 0.169 e. The molecule has 2 heteroatoms. The number of hydrogen-bond acceptors (Lipinski definition) is 2. The zero-order chi connectivity index (χ0) is 7.23. The van der Waals surface area contributed by atoms with Crippen LogP contribution in [0.3, 0.4) is 0 Å². The lowest BCUT2D eigenvalue weighted by Crippen LogP contribution is -2.05. The molecule has 0 N–H and O–H groups in total. The van der Waals surface area contributed by atoms with E-state index >= 15 is 0 Å². The Bertz CT molecular complexity index is 112. The molecule has 0 amide bonds. The molecule has 1 atom stereocenters. The van der Waals surface area contributed by atoms with Crippen molar-refractivity contribution in [1.29, 1.82) is 0 Å². The highest BCUT2D eigenvalue weighted by molar-refractivity contribution is 5.48. The Morgan fingerprint density at radius 1 is 1.60 bits per heavy atom. The van der Waals surface area contributed by atoms with E-state index in [0.29, 0.717) is 6.04 Å². The van der Waals surface area contributed by atoms with E-state index in [1.54, 1.807) is 6.40 Å². The first-order chi connectivity index (χ1) is 4.93. The average Bonchev–Trinajstić information content (AvgIpc) is 2.41. The van der Waals surface area contributed by atoms with Crippen LogP contribution < -0.4 is 0 Å². The molecule has 1 aliphatic rings. The smallest absolute Gasteiger partial charge is 0.169 e. The molecule has 2 nitrogen and oxygen atoms in total. The molecule has 0 aliphatic carbocycles. The number of hydrogen-bond donors (Lipinski definition) is 0. The predicted octanol–water partition coefficient (Wildman–Crippen LogP) is 1.99. The van der Waals surface area contributed by atoms with Gasteiger partial charge in [0.05, 0.1) is 6.04 Å². The van der Waals surface area contributed by atoms with Crippen LogP contribution in [0.5, 0.6) is 0 Å². The highest BCUT2D eigenvalue weighted by atomic mass is 16.5. The van der Waals surface area contributed by atoms with Crippen molar-refractivity contribution in [2.75, 3.05) is 6.61 Å². The molecule has 1 heterocycles. The maximum absolute atomic E-state index is 5.00. The quantitative estimate of drug-likeness (QED) is 0.549. The highest BCUT2D eigenvalue weighted by Crippen LogP contribution is 2.09. The first kappa shape index (κ1) is 7.58. The zero-order valence-corrected chi connectivity index (χ0v) is 6.55. The van der Waals surface area contributed by atoms with E-state index in [1.165, 1.54) is 25.7 Å². The van der Waals surface area contributed by atoms with Gasteiger partial charge in [-0.2, -0.15) is 0 Å². The number of aliphatic imine (C=N–C) groups is 1. The van der Waals surface area contributed by atoms with Gasteiger partial charge in [-0.15, -0.1) is 0 Å². The summed E-state index contributed by atoms with van der Waals surface area (Å²) >= 11 is 0. The van der Waals surface area contributed by atoms with Gasteiger partial charge in [-0.3, -0.25) is 4.99 Å². The maximum atomic E-state index is 5.00. The molecule has 0 spiro atoms.